The maximum absolute atomic E-state index is 11.6. The van der Waals surface area contributed by atoms with Gasteiger partial charge < -0.3 is 9.80 Å². The minimum Gasteiger partial charge on any atom is -0.354 e. The van der Waals surface area contributed by atoms with Crippen LogP contribution < -0.4 is 4.90 Å². The highest BCUT2D eigenvalue weighted by Gasteiger charge is 2.20. The second kappa shape index (κ2) is 6.25. The van der Waals surface area contributed by atoms with Crippen molar-refractivity contribution < 1.29 is 4.79 Å². The number of fused-ring (bicyclic) bond motifs is 1. The Morgan fingerprint density at radius 1 is 1.22 bits per heavy atom. The Balaban J connectivity index is 1.98. The summed E-state index contributed by atoms with van der Waals surface area (Å²) in [4.78, 5) is 20.3. The summed E-state index contributed by atoms with van der Waals surface area (Å²) in [7, 11) is 0. The summed E-state index contributed by atoms with van der Waals surface area (Å²) in [5.74, 6) is 0.838. The molecule has 0 radical (unpaired) electrons. The van der Waals surface area contributed by atoms with Gasteiger partial charge in [0.2, 0.25) is 5.91 Å². The van der Waals surface area contributed by atoms with E-state index < -0.39 is 0 Å². The number of hydrogen-bond acceptors (Lipinski definition) is 4. The summed E-state index contributed by atoms with van der Waals surface area (Å²) in [6.45, 7) is 6.60. The van der Waals surface area contributed by atoms with Crippen molar-refractivity contribution in [2.45, 2.75) is 20.3 Å². The summed E-state index contributed by atoms with van der Waals surface area (Å²) in [6.07, 6.45) is 0.887. The summed E-state index contributed by atoms with van der Waals surface area (Å²) < 4.78 is 0. The van der Waals surface area contributed by atoms with Gasteiger partial charge in [-0.25, -0.2) is 4.98 Å². The predicted molar refractivity (Wildman–Crippen MR) is 90.3 cm³/mol. The van der Waals surface area contributed by atoms with Crippen LogP contribution in [0.5, 0.6) is 0 Å². The average Bonchev–Trinajstić information content (AvgIpc) is 2.79. The molecule has 1 saturated heterocycles. The minimum absolute atomic E-state index is 0.106. The summed E-state index contributed by atoms with van der Waals surface area (Å²) in [6, 6.07) is 10.2. The van der Waals surface area contributed by atoms with Crippen molar-refractivity contribution in [2.24, 2.45) is 0 Å². The third-order valence-electron chi connectivity index (χ3n) is 4.31. The van der Waals surface area contributed by atoms with Crippen molar-refractivity contribution in [3.8, 4) is 6.07 Å². The zero-order valence-electron chi connectivity index (χ0n) is 13.5. The molecule has 2 aromatic rings. The molecule has 1 fully saturated rings. The number of benzene rings is 1. The zero-order valence-corrected chi connectivity index (χ0v) is 13.5. The number of anilines is 1. The number of aryl methyl sites for hydroxylation is 1. The molecule has 23 heavy (non-hydrogen) atoms. The molecular formula is C18H20N4O. The molecule has 5 heteroatoms. The van der Waals surface area contributed by atoms with Crippen LogP contribution in [-0.2, 0) is 4.79 Å². The molecule has 0 unspecified atom stereocenters. The SMILES string of the molecule is CC(=O)N1CCCN(c2nc3cc(C)ccc3cc2C#N)CC1. The van der Waals surface area contributed by atoms with E-state index in [-0.39, 0.29) is 5.91 Å². The molecule has 1 aromatic carbocycles. The lowest BCUT2D eigenvalue weighted by atomic mass is 10.1. The molecule has 1 aliphatic rings. The second-order valence-electron chi connectivity index (χ2n) is 6.01. The molecule has 2 heterocycles. The Labute approximate surface area is 136 Å². The normalized spacial score (nSPS) is 15.3. The van der Waals surface area contributed by atoms with E-state index in [9.17, 15) is 10.1 Å². The summed E-state index contributed by atoms with van der Waals surface area (Å²) in [5, 5.41) is 10.5. The Hall–Kier alpha value is -2.61. The molecule has 1 aliphatic heterocycles. The number of rotatable bonds is 1. The maximum Gasteiger partial charge on any atom is 0.219 e. The lowest BCUT2D eigenvalue weighted by molar-refractivity contribution is -0.128. The molecule has 0 atom stereocenters. The molecule has 0 saturated carbocycles. The largest absolute Gasteiger partial charge is 0.354 e. The number of nitrogens with zero attached hydrogens (tertiary/aromatic N) is 4. The van der Waals surface area contributed by atoms with Crippen LogP contribution in [0, 0.1) is 18.3 Å². The van der Waals surface area contributed by atoms with Crippen LogP contribution in [0.2, 0.25) is 0 Å². The minimum atomic E-state index is 0.106. The van der Waals surface area contributed by atoms with Crippen LogP contribution in [0.25, 0.3) is 10.9 Å². The molecule has 0 bridgehead atoms. The first-order valence-corrected chi connectivity index (χ1v) is 7.90. The van der Waals surface area contributed by atoms with Gasteiger partial charge in [-0.2, -0.15) is 5.26 Å². The fourth-order valence-electron chi connectivity index (χ4n) is 3.03. The Kier molecular flexibility index (Phi) is 4.16. The highest BCUT2D eigenvalue weighted by atomic mass is 16.2. The molecule has 118 valence electrons. The fourth-order valence-corrected chi connectivity index (χ4v) is 3.03. The van der Waals surface area contributed by atoms with Gasteiger partial charge in [0.05, 0.1) is 11.1 Å². The number of amides is 1. The number of aromatic nitrogens is 1. The van der Waals surface area contributed by atoms with Crippen LogP contribution in [-0.4, -0.2) is 42.0 Å². The van der Waals surface area contributed by atoms with E-state index in [0.717, 1.165) is 41.8 Å². The molecule has 5 nitrogen and oxygen atoms in total. The van der Waals surface area contributed by atoms with Crippen molar-refractivity contribution in [1.29, 1.82) is 5.26 Å². The molecule has 3 rings (SSSR count). The van der Waals surface area contributed by atoms with Crippen LogP contribution in [0.1, 0.15) is 24.5 Å². The lowest BCUT2D eigenvalue weighted by Crippen LogP contribution is -2.34. The van der Waals surface area contributed by atoms with E-state index in [0.29, 0.717) is 18.7 Å². The highest BCUT2D eigenvalue weighted by Crippen LogP contribution is 2.25. The first-order valence-electron chi connectivity index (χ1n) is 7.90. The number of pyridine rings is 1. The van der Waals surface area contributed by atoms with Gasteiger partial charge in [-0.05, 0) is 31.0 Å². The van der Waals surface area contributed by atoms with Crippen LogP contribution >= 0.6 is 0 Å². The van der Waals surface area contributed by atoms with Gasteiger partial charge in [0.25, 0.3) is 0 Å². The Morgan fingerprint density at radius 2 is 2.04 bits per heavy atom. The van der Waals surface area contributed by atoms with Crippen LogP contribution in [0.3, 0.4) is 0 Å². The van der Waals surface area contributed by atoms with Crippen molar-refractivity contribution in [2.75, 3.05) is 31.1 Å². The van der Waals surface area contributed by atoms with Gasteiger partial charge >= 0.3 is 0 Å². The lowest BCUT2D eigenvalue weighted by Gasteiger charge is -2.23. The third kappa shape index (κ3) is 3.11. The molecule has 1 aromatic heterocycles. The highest BCUT2D eigenvalue weighted by molar-refractivity contribution is 5.83. The molecule has 1 amide bonds. The van der Waals surface area contributed by atoms with E-state index in [1.165, 1.54) is 0 Å². The predicted octanol–water partition coefficient (Wildman–Crippen LogP) is 2.47. The maximum atomic E-state index is 11.6. The van der Waals surface area contributed by atoms with Crippen molar-refractivity contribution in [3.63, 3.8) is 0 Å². The average molecular weight is 308 g/mol. The van der Waals surface area contributed by atoms with Gasteiger partial charge in [0, 0.05) is 38.5 Å². The van der Waals surface area contributed by atoms with Gasteiger partial charge in [0.1, 0.15) is 11.9 Å². The van der Waals surface area contributed by atoms with Crippen molar-refractivity contribution in [1.82, 2.24) is 9.88 Å². The second-order valence-corrected chi connectivity index (χ2v) is 6.01. The molecule has 0 N–H and O–H groups in total. The van der Waals surface area contributed by atoms with E-state index in [1.54, 1.807) is 6.92 Å². The summed E-state index contributed by atoms with van der Waals surface area (Å²) >= 11 is 0. The first-order chi connectivity index (χ1) is 11.1. The quantitative estimate of drug-likeness (QED) is 0.812. The number of hydrogen-bond donors (Lipinski definition) is 0. The van der Waals surface area contributed by atoms with E-state index in [4.69, 9.17) is 4.98 Å². The van der Waals surface area contributed by atoms with Gasteiger partial charge in [0.15, 0.2) is 0 Å². The Bertz CT molecular complexity index is 793. The zero-order chi connectivity index (χ0) is 16.4. The van der Waals surface area contributed by atoms with Crippen LogP contribution in [0.4, 0.5) is 5.82 Å². The third-order valence-corrected chi connectivity index (χ3v) is 4.31. The smallest absolute Gasteiger partial charge is 0.219 e. The van der Waals surface area contributed by atoms with Gasteiger partial charge in [-0.15, -0.1) is 0 Å². The molecule has 0 spiro atoms. The van der Waals surface area contributed by atoms with E-state index >= 15 is 0 Å². The first kappa shape index (κ1) is 15.3. The van der Waals surface area contributed by atoms with Gasteiger partial charge in [-0.3, -0.25) is 4.79 Å². The standard InChI is InChI=1S/C18H20N4O/c1-13-4-5-15-11-16(12-19)18(20-17(15)10-13)22-7-3-6-21(8-9-22)14(2)23/h4-5,10-11H,3,6-9H2,1-2H3. The molecule has 0 aliphatic carbocycles. The molecular weight excluding hydrogens is 288 g/mol. The topological polar surface area (TPSA) is 60.2 Å². The van der Waals surface area contributed by atoms with Crippen molar-refractivity contribution >= 4 is 22.6 Å². The monoisotopic (exact) mass is 308 g/mol. The Morgan fingerprint density at radius 3 is 2.78 bits per heavy atom. The number of nitriles is 1. The van der Waals surface area contributed by atoms with Crippen LogP contribution in [0.15, 0.2) is 24.3 Å². The fraction of sp³-hybridized carbons (Fsp3) is 0.389. The van der Waals surface area contributed by atoms with Gasteiger partial charge in [-0.1, -0.05) is 12.1 Å². The van der Waals surface area contributed by atoms with E-state index in [1.807, 2.05) is 36.1 Å². The number of carbonyl (C=O) groups excluding carboxylic acids is 1. The van der Waals surface area contributed by atoms with E-state index in [2.05, 4.69) is 11.0 Å². The summed E-state index contributed by atoms with van der Waals surface area (Å²) in [5.41, 5.74) is 2.66. The van der Waals surface area contributed by atoms with Crippen molar-refractivity contribution in [3.05, 3.63) is 35.4 Å². The number of carbonyl (C=O) groups is 1.